The molecule has 0 bridgehead atoms. The van der Waals surface area contributed by atoms with Crippen molar-refractivity contribution in [3.8, 4) is 0 Å². The number of amides is 1. The lowest BCUT2D eigenvalue weighted by Crippen LogP contribution is -2.52. The smallest absolute Gasteiger partial charge is 0.233 e. The van der Waals surface area contributed by atoms with E-state index in [1.807, 2.05) is 0 Å². The van der Waals surface area contributed by atoms with Crippen LogP contribution < -0.4 is 11.1 Å². The Morgan fingerprint density at radius 3 is 2.38 bits per heavy atom. The molecular formula is C16H27N3OS. The zero-order valence-electron chi connectivity index (χ0n) is 12.8. The average molecular weight is 309 g/mol. The first-order valence-corrected chi connectivity index (χ1v) is 8.87. The summed E-state index contributed by atoms with van der Waals surface area (Å²) in [5, 5.41) is 3.26. The molecule has 118 valence electrons. The van der Waals surface area contributed by atoms with Gasteiger partial charge in [0, 0.05) is 25.2 Å². The molecule has 4 nitrogen and oxygen atoms in total. The van der Waals surface area contributed by atoms with Gasteiger partial charge in [0.05, 0.1) is 10.4 Å². The largest absolute Gasteiger partial charge is 0.392 e. The molecule has 3 aliphatic rings. The lowest BCUT2D eigenvalue weighted by molar-refractivity contribution is -0.128. The summed E-state index contributed by atoms with van der Waals surface area (Å²) >= 11 is 5.29. The molecule has 1 saturated heterocycles. The summed E-state index contributed by atoms with van der Waals surface area (Å²) in [4.78, 5) is 15.8. The summed E-state index contributed by atoms with van der Waals surface area (Å²) in [5.41, 5.74) is 5.41. The van der Waals surface area contributed by atoms with E-state index in [9.17, 15) is 4.79 Å². The Labute approximate surface area is 132 Å². The number of hydrogen-bond donors (Lipinski definition) is 2. The Morgan fingerprint density at radius 1 is 1.14 bits per heavy atom. The first-order chi connectivity index (χ1) is 10.1. The molecule has 0 aromatic heterocycles. The molecule has 5 heteroatoms. The number of hydrogen-bond acceptors (Lipinski definition) is 3. The second-order valence-electron chi connectivity index (χ2n) is 7.05. The molecule has 1 amide bonds. The van der Waals surface area contributed by atoms with Crippen molar-refractivity contribution in [3.05, 3.63) is 0 Å². The van der Waals surface area contributed by atoms with Gasteiger partial charge in [-0.25, -0.2) is 0 Å². The van der Waals surface area contributed by atoms with Crippen molar-refractivity contribution in [2.24, 2.45) is 11.1 Å². The second kappa shape index (κ2) is 6.21. The molecule has 3 N–H and O–H groups in total. The molecule has 21 heavy (non-hydrogen) atoms. The summed E-state index contributed by atoms with van der Waals surface area (Å²) in [6.07, 6.45) is 9.88. The predicted molar refractivity (Wildman–Crippen MR) is 88.1 cm³/mol. The normalized spacial score (nSPS) is 29.8. The highest BCUT2D eigenvalue weighted by atomic mass is 32.1. The summed E-state index contributed by atoms with van der Waals surface area (Å²) in [6, 6.07) is 1.07. The van der Waals surface area contributed by atoms with E-state index in [0.717, 1.165) is 51.2 Å². The zero-order chi connectivity index (χ0) is 14.9. The fraction of sp³-hybridized carbons (Fsp3) is 0.875. The van der Waals surface area contributed by atoms with Crippen molar-refractivity contribution in [2.75, 3.05) is 13.1 Å². The topological polar surface area (TPSA) is 58.4 Å². The van der Waals surface area contributed by atoms with Gasteiger partial charge >= 0.3 is 0 Å². The third kappa shape index (κ3) is 3.24. The minimum Gasteiger partial charge on any atom is -0.392 e. The maximum absolute atomic E-state index is 12.9. The van der Waals surface area contributed by atoms with E-state index in [1.165, 1.54) is 25.7 Å². The van der Waals surface area contributed by atoms with Crippen molar-refractivity contribution in [2.45, 2.75) is 69.9 Å². The predicted octanol–water partition coefficient (Wildman–Crippen LogP) is 1.97. The van der Waals surface area contributed by atoms with Crippen LogP contribution >= 0.6 is 12.2 Å². The molecule has 2 saturated carbocycles. The first kappa shape index (κ1) is 15.2. The molecule has 3 fully saturated rings. The van der Waals surface area contributed by atoms with E-state index in [0.29, 0.717) is 4.99 Å². The van der Waals surface area contributed by atoms with E-state index < -0.39 is 5.41 Å². The van der Waals surface area contributed by atoms with Crippen LogP contribution in [0.1, 0.15) is 57.8 Å². The van der Waals surface area contributed by atoms with Gasteiger partial charge in [-0.3, -0.25) is 9.69 Å². The molecule has 3 rings (SSSR count). The number of carbonyl (C=O) groups is 1. The van der Waals surface area contributed by atoms with Gasteiger partial charge in [0.1, 0.15) is 0 Å². The van der Waals surface area contributed by atoms with Gasteiger partial charge in [-0.05, 0) is 32.1 Å². The standard InChI is InChI=1S/C16H27N3OS/c17-14(21)16(8-3-1-2-4-9-16)15(20)18-12-7-10-19(11-12)13-5-6-13/h12-13H,1-11H2,(H2,17,21)(H,18,20). The highest BCUT2D eigenvalue weighted by Gasteiger charge is 2.43. The summed E-state index contributed by atoms with van der Waals surface area (Å²) in [5.74, 6) is 0.0968. The van der Waals surface area contributed by atoms with Crippen LogP contribution in [0.2, 0.25) is 0 Å². The highest BCUT2D eigenvalue weighted by molar-refractivity contribution is 7.80. The maximum atomic E-state index is 12.9. The molecule has 1 aliphatic heterocycles. The number of nitrogens with zero attached hydrogens (tertiary/aromatic N) is 1. The molecule has 0 radical (unpaired) electrons. The Hall–Kier alpha value is -0.680. The van der Waals surface area contributed by atoms with Crippen LogP contribution in [0.5, 0.6) is 0 Å². The third-order valence-corrected chi connectivity index (χ3v) is 5.87. The van der Waals surface area contributed by atoms with Gasteiger partial charge in [-0.15, -0.1) is 0 Å². The van der Waals surface area contributed by atoms with Gasteiger partial charge in [0.2, 0.25) is 5.91 Å². The second-order valence-corrected chi connectivity index (χ2v) is 7.49. The number of carbonyl (C=O) groups excluding carboxylic acids is 1. The first-order valence-electron chi connectivity index (χ1n) is 8.47. The number of rotatable bonds is 4. The lowest BCUT2D eigenvalue weighted by Gasteiger charge is -2.31. The van der Waals surface area contributed by atoms with Crippen LogP contribution in [0.3, 0.4) is 0 Å². The number of likely N-dealkylation sites (tertiary alicyclic amines) is 1. The third-order valence-electron chi connectivity index (χ3n) is 5.48. The molecule has 0 spiro atoms. The fourth-order valence-electron chi connectivity index (χ4n) is 3.92. The molecule has 1 unspecified atom stereocenters. The van der Waals surface area contributed by atoms with Crippen molar-refractivity contribution in [1.29, 1.82) is 0 Å². The number of nitrogens with one attached hydrogen (secondary N) is 1. The Balaban J connectivity index is 1.62. The van der Waals surface area contributed by atoms with Crippen molar-refractivity contribution >= 4 is 23.1 Å². The maximum Gasteiger partial charge on any atom is 0.233 e. The lowest BCUT2D eigenvalue weighted by atomic mass is 9.79. The van der Waals surface area contributed by atoms with Crippen LogP contribution in [0.4, 0.5) is 0 Å². The van der Waals surface area contributed by atoms with Gasteiger partial charge < -0.3 is 11.1 Å². The molecular weight excluding hydrogens is 282 g/mol. The Kier molecular flexibility index (Phi) is 4.50. The van der Waals surface area contributed by atoms with Gasteiger partial charge in [0.25, 0.3) is 0 Å². The Morgan fingerprint density at radius 2 is 1.81 bits per heavy atom. The molecule has 1 heterocycles. The number of nitrogens with two attached hydrogens (primary N) is 1. The zero-order valence-corrected chi connectivity index (χ0v) is 13.6. The van der Waals surface area contributed by atoms with E-state index >= 15 is 0 Å². The van der Waals surface area contributed by atoms with Crippen LogP contribution in [0, 0.1) is 5.41 Å². The molecule has 0 aromatic carbocycles. The highest BCUT2D eigenvalue weighted by Crippen LogP contribution is 2.36. The van der Waals surface area contributed by atoms with Gasteiger partial charge in [0.15, 0.2) is 0 Å². The van der Waals surface area contributed by atoms with Crippen LogP contribution in [-0.4, -0.2) is 41.0 Å². The summed E-state index contributed by atoms with van der Waals surface area (Å²) < 4.78 is 0. The van der Waals surface area contributed by atoms with Crippen molar-refractivity contribution < 1.29 is 4.79 Å². The molecule has 2 aliphatic carbocycles. The quantitative estimate of drug-likeness (QED) is 0.616. The van der Waals surface area contributed by atoms with E-state index in [2.05, 4.69) is 10.2 Å². The fourth-order valence-corrected chi connectivity index (χ4v) is 4.21. The van der Waals surface area contributed by atoms with Crippen LogP contribution in [0.25, 0.3) is 0 Å². The monoisotopic (exact) mass is 309 g/mol. The van der Waals surface area contributed by atoms with Gasteiger partial charge in [-0.2, -0.15) is 0 Å². The van der Waals surface area contributed by atoms with Crippen molar-refractivity contribution in [3.63, 3.8) is 0 Å². The minimum absolute atomic E-state index is 0.0968. The summed E-state index contributed by atoms with van der Waals surface area (Å²) in [6.45, 7) is 2.12. The van der Waals surface area contributed by atoms with Crippen LogP contribution in [0.15, 0.2) is 0 Å². The summed E-state index contributed by atoms with van der Waals surface area (Å²) in [7, 11) is 0. The SMILES string of the molecule is NC(=S)C1(C(=O)NC2CCN(C3CC3)C2)CCCCCC1. The average Bonchev–Trinajstić information content (AvgIpc) is 3.24. The molecule has 1 atom stereocenters. The Bertz CT molecular complexity index is 414. The number of thiocarbonyl (C=S) groups is 1. The van der Waals surface area contributed by atoms with Crippen molar-refractivity contribution in [1.82, 2.24) is 10.2 Å². The minimum atomic E-state index is -0.584. The van der Waals surface area contributed by atoms with E-state index in [4.69, 9.17) is 18.0 Å². The van der Waals surface area contributed by atoms with Gasteiger partial charge in [-0.1, -0.05) is 37.9 Å². The molecule has 0 aromatic rings. The van der Waals surface area contributed by atoms with E-state index in [1.54, 1.807) is 0 Å². The van der Waals surface area contributed by atoms with E-state index in [-0.39, 0.29) is 11.9 Å². The van der Waals surface area contributed by atoms with Crippen LogP contribution in [-0.2, 0) is 4.79 Å².